The molecule has 0 spiro atoms. The average Bonchev–Trinajstić information content (AvgIpc) is 2.54. The summed E-state index contributed by atoms with van der Waals surface area (Å²) < 4.78 is 32.2. The largest absolute Gasteiger partial charge is 0.497 e. The Morgan fingerprint density at radius 1 is 1.09 bits per heavy atom. The first-order valence-electron chi connectivity index (χ1n) is 7.12. The van der Waals surface area contributed by atoms with Crippen molar-refractivity contribution in [2.45, 2.75) is 18.7 Å². The van der Waals surface area contributed by atoms with E-state index in [4.69, 9.17) is 4.74 Å². The lowest BCUT2D eigenvalue weighted by Crippen LogP contribution is -2.24. The smallest absolute Gasteiger partial charge is 0.241 e. The fraction of sp³-hybridized carbons (Fsp3) is 0.222. The first-order chi connectivity index (χ1) is 10.9. The summed E-state index contributed by atoms with van der Waals surface area (Å²) in [4.78, 5) is 0.295. The van der Waals surface area contributed by atoms with Crippen molar-refractivity contribution in [1.29, 1.82) is 0 Å². The molecule has 4 nitrogen and oxygen atoms in total. The summed E-state index contributed by atoms with van der Waals surface area (Å²) >= 11 is 0. The van der Waals surface area contributed by atoms with Crippen LogP contribution in [0.4, 0.5) is 0 Å². The topological polar surface area (TPSA) is 55.4 Å². The quantitative estimate of drug-likeness (QED) is 0.878. The van der Waals surface area contributed by atoms with E-state index in [1.54, 1.807) is 26.2 Å². The maximum absolute atomic E-state index is 12.3. The van der Waals surface area contributed by atoms with Crippen LogP contribution < -0.4 is 9.46 Å². The molecule has 2 rings (SSSR count). The van der Waals surface area contributed by atoms with Gasteiger partial charge in [0.15, 0.2) is 0 Å². The number of nitrogens with one attached hydrogen (secondary N) is 1. The van der Waals surface area contributed by atoms with Crippen molar-refractivity contribution in [3.63, 3.8) is 0 Å². The second-order valence-corrected chi connectivity index (χ2v) is 6.86. The molecule has 0 unspecified atom stereocenters. The van der Waals surface area contributed by atoms with Gasteiger partial charge in [0.25, 0.3) is 0 Å². The summed E-state index contributed by atoms with van der Waals surface area (Å²) in [6.45, 7) is 3.70. The van der Waals surface area contributed by atoms with Crippen LogP contribution in [0, 0.1) is 25.7 Å². The standard InChI is InChI=1S/C18H19NO3S/c1-14-6-7-15(2)18(13-14)23(20,21)19-12-4-5-16-8-10-17(22-3)11-9-16/h6-11,13,19H,12H2,1-3H3. The minimum absolute atomic E-state index is 0.0573. The van der Waals surface area contributed by atoms with Gasteiger partial charge in [-0.05, 0) is 55.3 Å². The third-order valence-corrected chi connectivity index (χ3v) is 4.85. The maximum Gasteiger partial charge on any atom is 0.241 e. The Balaban J connectivity index is 2.05. The summed E-state index contributed by atoms with van der Waals surface area (Å²) in [5.74, 6) is 6.49. The van der Waals surface area contributed by atoms with Gasteiger partial charge in [-0.25, -0.2) is 8.42 Å². The zero-order valence-corrected chi connectivity index (χ0v) is 14.2. The van der Waals surface area contributed by atoms with E-state index in [0.29, 0.717) is 10.5 Å². The molecule has 1 N–H and O–H groups in total. The number of hydrogen-bond donors (Lipinski definition) is 1. The Kier molecular flexibility index (Phi) is 5.43. The van der Waals surface area contributed by atoms with E-state index in [1.165, 1.54) is 0 Å². The molecule has 0 fully saturated rings. The first-order valence-corrected chi connectivity index (χ1v) is 8.60. The molecule has 0 amide bonds. The average molecular weight is 329 g/mol. The lowest BCUT2D eigenvalue weighted by Gasteiger charge is -2.08. The molecule has 0 heterocycles. The SMILES string of the molecule is COc1ccc(C#CCNS(=O)(=O)c2cc(C)ccc2C)cc1. The molecule has 0 saturated heterocycles. The molecule has 120 valence electrons. The highest BCUT2D eigenvalue weighted by Gasteiger charge is 2.15. The number of ether oxygens (including phenoxy) is 1. The Hall–Kier alpha value is -2.29. The van der Waals surface area contributed by atoms with Crippen LogP contribution >= 0.6 is 0 Å². The van der Waals surface area contributed by atoms with Gasteiger partial charge in [0.05, 0.1) is 18.6 Å². The first kappa shape index (κ1) is 17.1. The molecule has 0 aromatic heterocycles. The molecule has 5 heteroatoms. The van der Waals surface area contributed by atoms with Crippen molar-refractivity contribution < 1.29 is 13.2 Å². The van der Waals surface area contributed by atoms with E-state index in [-0.39, 0.29) is 6.54 Å². The fourth-order valence-corrected chi connectivity index (χ4v) is 3.28. The van der Waals surface area contributed by atoms with Crippen molar-refractivity contribution in [3.8, 4) is 17.6 Å². The highest BCUT2D eigenvalue weighted by atomic mass is 32.2. The van der Waals surface area contributed by atoms with E-state index in [1.807, 2.05) is 37.3 Å². The Bertz CT molecular complexity index is 844. The van der Waals surface area contributed by atoms with Gasteiger partial charge in [0, 0.05) is 5.56 Å². The van der Waals surface area contributed by atoms with Crippen LogP contribution in [0.25, 0.3) is 0 Å². The zero-order chi connectivity index (χ0) is 16.9. The van der Waals surface area contributed by atoms with Gasteiger partial charge < -0.3 is 4.74 Å². The van der Waals surface area contributed by atoms with Gasteiger partial charge in [0.2, 0.25) is 10.0 Å². The third kappa shape index (κ3) is 4.59. The van der Waals surface area contributed by atoms with E-state index >= 15 is 0 Å². The predicted molar refractivity (Wildman–Crippen MR) is 91.0 cm³/mol. The lowest BCUT2D eigenvalue weighted by atomic mass is 10.2. The second kappa shape index (κ2) is 7.32. The summed E-state index contributed by atoms with van der Waals surface area (Å²) in [6.07, 6.45) is 0. The number of hydrogen-bond acceptors (Lipinski definition) is 3. The molecule has 23 heavy (non-hydrogen) atoms. The number of rotatable bonds is 4. The number of sulfonamides is 1. The molecular weight excluding hydrogens is 310 g/mol. The predicted octanol–water partition coefficient (Wildman–Crippen LogP) is 2.64. The second-order valence-electron chi connectivity index (χ2n) is 5.12. The Labute approximate surface area is 137 Å². The van der Waals surface area contributed by atoms with Gasteiger partial charge in [0.1, 0.15) is 5.75 Å². The van der Waals surface area contributed by atoms with E-state index in [2.05, 4.69) is 16.6 Å². The number of methoxy groups -OCH3 is 1. The molecule has 2 aromatic carbocycles. The van der Waals surface area contributed by atoms with E-state index < -0.39 is 10.0 Å². The summed E-state index contributed by atoms with van der Waals surface area (Å²) in [5.41, 5.74) is 2.42. The number of aryl methyl sites for hydroxylation is 2. The summed E-state index contributed by atoms with van der Waals surface area (Å²) in [7, 11) is -1.95. The third-order valence-electron chi connectivity index (χ3n) is 3.31. The Morgan fingerprint density at radius 2 is 1.78 bits per heavy atom. The Morgan fingerprint density at radius 3 is 2.43 bits per heavy atom. The van der Waals surface area contributed by atoms with Gasteiger partial charge in [-0.1, -0.05) is 24.0 Å². The van der Waals surface area contributed by atoms with Gasteiger partial charge in [-0.2, -0.15) is 4.72 Å². The highest BCUT2D eigenvalue weighted by molar-refractivity contribution is 7.89. The van der Waals surface area contributed by atoms with Crippen LogP contribution in [0.3, 0.4) is 0 Å². The number of benzene rings is 2. The molecule has 0 aliphatic rings. The van der Waals surface area contributed by atoms with Gasteiger partial charge in [-0.15, -0.1) is 0 Å². The molecule has 0 aliphatic carbocycles. The molecule has 0 bridgehead atoms. The van der Waals surface area contributed by atoms with Crippen molar-refractivity contribution in [2.75, 3.05) is 13.7 Å². The van der Waals surface area contributed by atoms with Crippen molar-refractivity contribution in [1.82, 2.24) is 4.72 Å². The van der Waals surface area contributed by atoms with Crippen LogP contribution in [-0.2, 0) is 10.0 Å². The highest BCUT2D eigenvalue weighted by Crippen LogP contribution is 2.16. The van der Waals surface area contributed by atoms with Crippen LogP contribution in [-0.4, -0.2) is 22.1 Å². The van der Waals surface area contributed by atoms with Crippen LogP contribution in [0.1, 0.15) is 16.7 Å². The van der Waals surface area contributed by atoms with Crippen LogP contribution in [0.15, 0.2) is 47.4 Å². The molecule has 0 radical (unpaired) electrons. The lowest BCUT2D eigenvalue weighted by molar-refractivity contribution is 0.415. The minimum atomic E-state index is -3.55. The van der Waals surface area contributed by atoms with Gasteiger partial charge >= 0.3 is 0 Å². The molecular formula is C18H19NO3S. The van der Waals surface area contributed by atoms with Crippen molar-refractivity contribution >= 4 is 10.0 Å². The monoisotopic (exact) mass is 329 g/mol. The zero-order valence-electron chi connectivity index (χ0n) is 13.4. The van der Waals surface area contributed by atoms with E-state index in [9.17, 15) is 8.42 Å². The molecule has 0 aliphatic heterocycles. The molecule has 0 atom stereocenters. The molecule has 0 saturated carbocycles. The van der Waals surface area contributed by atoms with Crippen molar-refractivity contribution in [3.05, 3.63) is 59.2 Å². The fourth-order valence-electron chi connectivity index (χ4n) is 2.03. The van der Waals surface area contributed by atoms with Crippen molar-refractivity contribution in [2.24, 2.45) is 0 Å². The van der Waals surface area contributed by atoms with Crippen LogP contribution in [0.2, 0.25) is 0 Å². The van der Waals surface area contributed by atoms with Crippen LogP contribution in [0.5, 0.6) is 5.75 Å². The van der Waals surface area contributed by atoms with Gasteiger partial charge in [-0.3, -0.25) is 0 Å². The van der Waals surface area contributed by atoms with E-state index in [0.717, 1.165) is 16.9 Å². The summed E-state index contributed by atoms with van der Waals surface area (Å²) in [5, 5.41) is 0. The summed E-state index contributed by atoms with van der Waals surface area (Å²) in [6, 6.07) is 12.6. The minimum Gasteiger partial charge on any atom is -0.497 e. The normalized spacial score (nSPS) is 10.7. The maximum atomic E-state index is 12.3. The molecule has 2 aromatic rings.